The molecule has 0 aliphatic carbocycles. The molecule has 1 fully saturated rings. The Balaban J connectivity index is 1.48. The lowest BCUT2D eigenvalue weighted by molar-refractivity contribution is 0.568. The molecule has 5 nitrogen and oxygen atoms in total. The maximum absolute atomic E-state index is 4.67. The SMILES string of the molecule is c1cc(-c2ccc(Nc3ccnc(N4CCCCC4)n3)cc2)ccn1. The predicted octanol–water partition coefficient (Wildman–Crippen LogP) is 4.27. The van der Waals surface area contributed by atoms with E-state index in [2.05, 4.69) is 49.4 Å². The van der Waals surface area contributed by atoms with Crippen molar-refractivity contribution in [3.63, 3.8) is 0 Å². The largest absolute Gasteiger partial charge is 0.341 e. The second-order valence-electron chi connectivity index (χ2n) is 6.23. The van der Waals surface area contributed by atoms with Crippen LogP contribution in [0.1, 0.15) is 19.3 Å². The zero-order valence-corrected chi connectivity index (χ0v) is 14.1. The van der Waals surface area contributed by atoms with E-state index in [9.17, 15) is 0 Å². The molecule has 1 saturated heterocycles. The van der Waals surface area contributed by atoms with Gasteiger partial charge in [-0.25, -0.2) is 4.98 Å². The van der Waals surface area contributed by atoms with Crippen LogP contribution in [0.2, 0.25) is 0 Å². The number of pyridine rings is 1. The Hall–Kier alpha value is -2.95. The smallest absolute Gasteiger partial charge is 0.227 e. The van der Waals surface area contributed by atoms with Crippen LogP contribution in [-0.2, 0) is 0 Å². The maximum Gasteiger partial charge on any atom is 0.227 e. The lowest BCUT2D eigenvalue weighted by Gasteiger charge is -2.26. The van der Waals surface area contributed by atoms with Gasteiger partial charge in [-0.05, 0) is 60.7 Å². The van der Waals surface area contributed by atoms with Gasteiger partial charge < -0.3 is 10.2 Å². The average Bonchev–Trinajstić information content (AvgIpc) is 2.70. The van der Waals surface area contributed by atoms with Gasteiger partial charge in [-0.3, -0.25) is 4.98 Å². The van der Waals surface area contributed by atoms with Gasteiger partial charge in [0.15, 0.2) is 0 Å². The van der Waals surface area contributed by atoms with E-state index in [1.54, 1.807) is 0 Å². The van der Waals surface area contributed by atoms with E-state index in [0.717, 1.165) is 36.1 Å². The normalized spacial score (nSPS) is 14.3. The van der Waals surface area contributed by atoms with Gasteiger partial charge in [-0.15, -0.1) is 0 Å². The molecule has 1 aliphatic rings. The van der Waals surface area contributed by atoms with Gasteiger partial charge in [-0.1, -0.05) is 12.1 Å². The van der Waals surface area contributed by atoms with Crippen LogP contribution in [0.15, 0.2) is 61.1 Å². The minimum absolute atomic E-state index is 0.818. The number of nitrogens with zero attached hydrogens (tertiary/aromatic N) is 4. The first-order valence-corrected chi connectivity index (χ1v) is 8.74. The van der Waals surface area contributed by atoms with Crippen molar-refractivity contribution in [2.24, 2.45) is 0 Å². The van der Waals surface area contributed by atoms with E-state index in [0.29, 0.717) is 0 Å². The number of hydrogen-bond donors (Lipinski definition) is 1. The van der Waals surface area contributed by atoms with Crippen LogP contribution >= 0.6 is 0 Å². The maximum atomic E-state index is 4.67. The van der Waals surface area contributed by atoms with Crippen molar-refractivity contribution in [3.05, 3.63) is 61.1 Å². The first kappa shape index (κ1) is 15.6. The Morgan fingerprint density at radius 3 is 2.24 bits per heavy atom. The fraction of sp³-hybridized carbons (Fsp3) is 0.250. The lowest BCUT2D eigenvalue weighted by Crippen LogP contribution is -2.31. The van der Waals surface area contributed by atoms with Gasteiger partial charge in [0, 0.05) is 37.4 Å². The highest BCUT2D eigenvalue weighted by Gasteiger charge is 2.13. The molecule has 0 spiro atoms. The second-order valence-corrected chi connectivity index (χ2v) is 6.23. The average molecular weight is 331 g/mol. The van der Waals surface area contributed by atoms with E-state index in [1.807, 2.05) is 36.8 Å². The summed E-state index contributed by atoms with van der Waals surface area (Å²) in [5.41, 5.74) is 3.35. The van der Waals surface area contributed by atoms with E-state index < -0.39 is 0 Å². The molecule has 5 heteroatoms. The van der Waals surface area contributed by atoms with Crippen molar-refractivity contribution < 1.29 is 0 Å². The molecule has 1 aliphatic heterocycles. The Morgan fingerprint density at radius 2 is 1.48 bits per heavy atom. The highest BCUT2D eigenvalue weighted by molar-refractivity contribution is 5.67. The number of aromatic nitrogens is 3. The molecule has 3 heterocycles. The van der Waals surface area contributed by atoms with E-state index in [4.69, 9.17) is 0 Å². The van der Waals surface area contributed by atoms with Crippen LogP contribution in [0.25, 0.3) is 11.1 Å². The molecule has 0 unspecified atom stereocenters. The Labute approximate surface area is 147 Å². The van der Waals surface area contributed by atoms with Crippen molar-refractivity contribution >= 4 is 17.5 Å². The van der Waals surface area contributed by atoms with Crippen molar-refractivity contribution in [2.75, 3.05) is 23.3 Å². The zero-order chi connectivity index (χ0) is 16.9. The first-order valence-electron chi connectivity index (χ1n) is 8.74. The highest BCUT2D eigenvalue weighted by atomic mass is 15.3. The van der Waals surface area contributed by atoms with Crippen LogP contribution in [-0.4, -0.2) is 28.0 Å². The summed E-state index contributed by atoms with van der Waals surface area (Å²) in [4.78, 5) is 15.4. The fourth-order valence-electron chi connectivity index (χ4n) is 3.10. The summed E-state index contributed by atoms with van der Waals surface area (Å²) in [5.74, 6) is 1.64. The standard InChI is InChI=1S/C20H21N5/c1-2-14-25(15-3-1)20-22-13-10-19(24-20)23-18-6-4-16(5-7-18)17-8-11-21-12-9-17/h4-13H,1-3,14-15H2,(H,22,23,24). The third-order valence-electron chi connectivity index (χ3n) is 4.45. The number of nitrogens with one attached hydrogen (secondary N) is 1. The summed E-state index contributed by atoms with van der Waals surface area (Å²) >= 11 is 0. The number of anilines is 3. The molecule has 0 radical (unpaired) electrons. The van der Waals surface area contributed by atoms with Crippen molar-refractivity contribution in [1.82, 2.24) is 15.0 Å². The van der Waals surface area contributed by atoms with Gasteiger partial charge >= 0.3 is 0 Å². The van der Waals surface area contributed by atoms with Crippen LogP contribution in [0.3, 0.4) is 0 Å². The minimum Gasteiger partial charge on any atom is -0.341 e. The van der Waals surface area contributed by atoms with Crippen LogP contribution in [0.5, 0.6) is 0 Å². The summed E-state index contributed by atoms with van der Waals surface area (Å²) in [5, 5.41) is 3.37. The van der Waals surface area contributed by atoms with E-state index in [1.165, 1.54) is 24.8 Å². The topological polar surface area (TPSA) is 53.9 Å². The molecule has 1 N–H and O–H groups in total. The van der Waals surface area contributed by atoms with Crippen molar-refractivity contribution in [2.45, 2.75) is 19.3 Å². The molecule has 25 heavy (non-hydrogen) atoms. The monoisotopic (exact) mass is 331 g/mol. The number of piperidine rings is 1. The van der Waals surface area contributed by atoms with Crippen LogP contribution < -0.4 is 10.2 Å². The molecule has 126 valence electrons. The quantitative estimate of drug-likeness (QED) is 0.773. The predicted molar refractivity (Wildman–Crippen MR) is 101 cm³/mol. The first-order chi connectivity index (χ1) is 12.4. The van der Waals surface area contributed by atoms with E-state index >= 15 is 0 Å². The summed E-state index contributed by atoms with van der Waals surface area (Å²) in [7, 11) is 0. The summed E-state index contributed by atoms with van der Waals surface area (Å²) < 4.78 is 0. The lowest BCUT2D eigenvalue weighted by atomic mass is 10.1. The number of rotatable bonds is 4. The molecule has 0 amide bonds. The molecule has 3 aromatic rings. The summed E-state index contributed by atoms with van der Waals surface area (Å²) in [6.45, 7) is 2.09. The molecular weight excluding hydrogens is 310 g/mol. The fourth-order valence-corrected chi connectivity index (χ4v) is 3.10. The Bertz CT molecular complexity index is 811. The molecule has 0 saturated carbocycles. The zero-order valence-electron chi connectivity index (χ0n) is 14.1. The van der Waals surface area contributed by atoms with Crippen LogP contribution in [0, 0.1) is 0 Å². The molecule has 0 atom stereocenters. The minimum atomic E-state index is 0.818. The number of benzene rings is 1. The summed E-state index contributed by atoms with van der Waals surface area (Å²) in [6, 6.07) is 14.3. The second kappa shape index (κ2) is 7.30. The van der Waals surface area contributed by atoms with Gasteiger partial charge in [0.2, 0.25) is 5.95 Å². The molecule has 4 rings (SSSR count). The Kier molecular flexibility index (Phi) is 4.55. The van der Waals surface area contributed by atoms with Gasteiger partial charge in [-0.2, -0.15) is 4.98 Å². The van der Waals surface area contributed by atoms with Gasteiger partial charge in [0.1, 0.15) is 5.82 Å². The summed E-state index contributed by atoms with van der Waals surface area (Å²) in [6.07, 6.45) is 9.19. The van der Waals surface area contributed by atoms with Crippen molar-refractivity contribution in [3.8, 4) is 11.1 Å². The molecule has 2 aromatic heterocycles. The van der Waals surface area contributed by atoms with Gasteiger partial charge in [0.25, 0.3) is 0 Å². The molecular formula is C20H21N5. The molecule has 1 aromatic carbocycles. The van der Waals surface area contributed by atoms with Crippen LogP contribution in [0.4, 0.5) is 17.5 Å². The Morgan fingerprint density at radius 1 is 0.760 bits per heavy atom. The molecule has 0 bridgehead atoms. The third-order valence-corrected chi connectivity index (χ3v) is 4.45. The third kappa shape index (κ3) is 3.76. The van der Waals surface area contributed by atoms with Crippen molar-refractivity contribution in [1.29, 1.82) is 0 Å². The van der Waals surface area contributed by atoms with E-state index in [-0.39, 0.29) is 0 Å². The highest BCUT2D eigenvalue weighted by Crippen LogP contribution is 2.23. The van der Waals surface area contributed by atoms with Gasteiger partial charge in [0.05, 0.1) is 0 Å². The number of hydrogen-bond acceptors (Lipinski definition) is 5.